The van der Waals surface area contributed by atoms with Gasteiger partial charge in [-0.3, -0.25) is 9.78 Å². The number of hydrogen-bond acceptors (Lipinski definition) is 3. The minimum atomic E-state index is 0.121. The number of rotatable bonds is 4. The van der Waals surface area contributed by atoms with Gasteiger partial charge in [-0.05, 0) is 38.4 Å². The van der Waals surface area contributed by atoms with Gasteiger partial charge in [0.05, 0.1) is 5.56 Å². The molecule has 1 amide bonds. The molecule has 4 nitrogen and oxygen atoms in total. The molecule has 1 fully saturated rings. The molecule has 0 bridgehead atoms. The molecule has 1 aromatic heterocycles. The maximum atomic E-state index is 12.6. The van der Waals surface area contributed by atoms with Gasteiger partial charge in [0, 0.05) is 31.0 Å². The number of carbonyl (C=O) groups is 1. The number of aryl methyl sites for hydroxylation is 1. The Labute approximate surface area is 108 Å². The van der Waals surface area contributed by atoms with Crippen LogP contribution < -0.4 is 5.32 Å². The summed E-state index contributed by atoms with van der Waals surface area (Å²) in [4.78, 5) is 18.8. The van der Waals surface area contributed by atoms with E-state index in [1.807, 2.05) is 24.0 Å². The number of nitrogens with zero attached hydrogens (tertiary/aromatic N) is 2. The van der Waals surface area contributed by atoms with E-state index in [1.165, 1.54) is 0 Å². The fourth-order valence-corrected chi connectivity index (χ4v) is 2.46. The minimum Gasteiger partial charge on any atom is -0.334 e. The van der Waals surface area contributed by atoms with E-state index in [2.05, 4.69) is 17.2 Å². The summed E-state index contributed by atoms with van der Waals surface area (Å²) < 4.78 is 0. The van der Waals surface area contributed by atoms with Crippen LogP contribution in [-0.4, -0.2) is 41.5 Å². The van der Waals surface area contributed by atoms with Crippen molar-refractivity contribution in [2.75, 3.05) is 19.6 Å². The summed E-state index contributed by atoms with van der Waals surface area (Å²) in [6, 6.07) is 4.03. The lowest BCUT2D eigenvalue weighted by atomic mass is 10.1. The van der Waals surface area contributed by atoms with Crippen molar-refractivity contribution in [3.05, 3.63) is 29.6 Å². The van der Waals surface area contributed by atoms with Crippen LogP contribution in [0.25, 0.3) is 0 Å². The van der Waals surface area contributed by atoms with Crippen LogP contribution in [0.5, 0.6) is 0 Å². The zero-order chi connectivity index (χ0) is 13.0. The molecule has 2 heterocycles. The van der Waals surface area contributed by atoms with Crippen LogP contribution in [-0.2, 0) is 0 Å². The molecule has 0 saturated carbocycles. The summed E-state index contributed by atoms with van der Waals surface area (Å²) in [5, 5.41) is 3.32. The Bertz CT molecular complexity index is 413. The molecule has 1 aliphatic rings. The SMILES string of the molecule is CCCN(C(=O)c1cccnc1C)C1CCNC1. The summed E-state index contributed by atoms with van der Waals surface area (Å²) in [6.45, 7) is 6.73. The molecule has 0 spiro atoms. The van der Waals surface area contributed by atoms with E-state index in [4.69, 9.17) is 0 Å². The van der Waals surface area contributed by atoms with E-state index in [0.29, 0.717) is 6.04 Å². The molecule has 18 heavy (non-hydrogen) atoms. The first-order valence-corrected chi connectivity index (χ1v) is 6.67. The summed E-state index contributed by atoms with van der Waals surface area (Å²) in [5.74, 6) is 0.121. The van der Waals surface area contributed by atoms with Gasteiger partial charge in [0.2, 0.25) is 0 Å². The molecular weight excluding hydrogens is 226 g/mol. The maximum Gasteiger partial charge on any atom is 0.255 e. The van der Waals surface area contributed by atoms with E-state index in [1.54, 1.807) is 6.20 Å². The van der Waals surface area contributed by atoms with Crippen LogP contribution >= 0.6 is 0 Å². The van der Waals surface area contributed by atoms with Crippen molar-refractivity contribution in [2.45, 2.75) is 32.7 Å². The van der Waals surface area contributed by atoms with Crippen LogP contribution in [0.3, 0.4) is 0 Å². The fourth-order valence-electron chi connectivity index (χ4n) is 2.46. The Morgan fingerprint density at radius 2 is 2.44 bits per heavy atom. The van der Waals surface area contributed by atoms with E-state index in [0.717, 1.165) is 43.7 Å². The van der Waals surface area contributed by atoms with Gasteiger partial charge in [0.1, 0.15) is 0 Å². The summed E-state index contributed by atoms with van der Waals surface area (Å²) in [7, 11) is 0. The number of aromatic nitrogens is 1. The predicted octanol–water partition coefficient (Wildman–Crippen LogP) is 1.60. The highest BCUT2D eigenvalue weighted by molar-refractivity contribution is 5.95. The first-order valence-electron chi connectivity index (χ1n) is 6.67. The lowest BCUT2D eigenvalue weighted by molar-refractivity contribution is 0.0691. The molecule has 1 saturated heterocycles. The number of pyridine rings is 1. The quantitative estimate of drug-likeness (QED) is 0.879. The normalized spacial score (nSPS) is 18.9. The average Bonchev–Trinajstić information content (AvgIpc) is 2.89. The Balaban J connectivity index is 2.20. The van der Waals surface area contributed by atoms with Crippen molar-refractivity contribution >= 4 is 5.91 Å². The van der Waals surface area contributed by atoms with Gasteiger partial charge in [-0.15, -0.1) is 0 Å². The molecule has 4 heteroatoms. The number of hydrogen-bond donors (Lipinski definition) is 1. The molecule has 2 rings (SSSR count). The molecule has 0 radical (unpaired) electrons. The van der Waals surface area contributed by atoms with Gasteiger partial charge in [-0.25, -0.2) is 0 Å². The molecule has 1 N–H and O–H groups in total. The minimum absolute atomic E-state index is 0.121. The van der Waals surface area contributed by atoms with Gasteiger partial charge < -0.3 is 10.2 Å². The van der Waals surface area contributed by atoms with Crippen molar-refractivity contribution in [3.63, 3.8) is 0 Å². The Kier molecular flexibility index (Phi) is 4.31. The van der Waals surface area contributed by atoms with Gasteiger partial charge in [0.15, 0.2) is 0 Å². The first kappa shape index (κ1) is 13.0. The van der Waals surface area contributed by atoms with Crippen LogP contribution in [0.1, 0.15) is 35.8 Å². The lowest BCUT2D eigenvalue weighted by Gasteiger charge is -2.28. The van der Waals surface area contributed by atoms with Crippen LogP contribution in [0.4, 0.5) is 0 Å². The highest BCUT2D eigenvalue weighted by atomic mass is 16.2. The molecular formula is C14H21N3O. The second kappa shape index (κ2) is 5.96. The fraction of sp³-hybridized carbons (Fsp3) is 0.571. The van der Waals surface area contributed by atoms with Gasteiger partial charge in [-0.1, -0.05) is 6.92 Å². The van der Waals surface area contributed by atoms with Gasteiger partial charge in [0.25, 0.3) is 5.91 Å². The third-order valence-electron chi connectivity index (χ3n) is 3.44. The summed E-state index contributed by atoms with van der Waals surface area (Å²) in [5.41, 5.74) is 1.55. The summed E-state index contributed by atoms with van der Waals surface area (Å²) in [6.07, 6.45) is 3.76. The van der Waals surface area contributed by atoms with Crippen molar-refractivity contribution in [3.8, 4) is 0 Å². The topological polar surface area (TPSA) is 45.2 Å². The van der Waals surface area contributed by atoms with Crippen LogP contribution in [0, 0.1) is 6.92 Å². The largest absolute Gasteiger partial charge is 0.334 e. The molecule has 1 aromatic rings. The van der Waals surface area contributed by atoms with Gasteiger partial charge >= 0.3 is 0 Å². The number of amides is 1. The average molecular weight is 247 g/mol. The molecule has 1 unspecified atom stereocenters. The number of nitrogens with one attached hydrogen (secondary N) is 1. The zero-order valence-corrected chi connectivity index (χ0v) is 11.1. The van der Waals surface area contributed by atoms with E-state index >= 15 is 0 Å². The Morgan fingerprint density at radius 3 is 3.06 bits per heavy atom. The third-order valence-corrected chi connectivity index (χ3v) is 3.44. The molecule has 0 aliphatic carbocycles. The molecule has 1 aliphatic heterocycles. The van der Waals surface area contributed by atoms with Crippen LogP contribution in [0.2, 0.25) is 0 Å². The standard InChI is InChI=1S/C14H21N3O/c1-3-9-17(12-6-8-15-10-12)14(18)13-5-4-7-16-11(13)2/h4-5,7,12,15H,3,6,8-10H2,1-2H3. The lowest BCUT2D eigenvalue weighted by Crippen LogP contribution is -2.42. The monoisotopic (exact) mass is 247 g/mol. The maximum absolute atomic E-state index is 12.6. The highest BCUT2D eigenvalue weighted by Crippen LogP contribution is 2.15. The molecule has 98 valence electrons. The Morgan fingerprint density at radius 1 is 1.61 bits per heavy atom. The zero-order valence-electron chi connectivity index (χ0n) is 11.1. The summed E-state index contributed by atoms with van der Waals surface area (Å²) >= 11 is 0. The predicted molar refractivity (Wildman–Crippen MR) is 71.6 cm³/mol. The van der Waals surface area contributed by atoms with E-state index < -0.39 is 0 Å². The van der Waals surface area contributed by atoms with Crippen molar-refractivity contribution in [1.29, 1.82) is 0 Å². The van der Waals surface area contributed by atoms with Gasteiger partial charge in [-0.2, -0.15) is 0 Å². The first-order chi connectivity index (χ1) is 8.74. The van der Waals surface area contributed by atoms with E-state index in [9.17, 15) is 4.79 Å². The van der Waals surface area contributed by atoms with Crippen molar-refractivity contribution < 1.29 is 4.79 Å². The van der Waals surface area contributed by atoms with Crippen LogP contribution in [0.15, 0.2) is 18.3 Å². The third kappa shape index (κ3) is 2.70. The molecule has 1 atom stereocenters. The molecule has 0 aromatic carbocycles. The second-order valence-electron chi connectivity index (χ2n) is 4.78. The Hall–Kier alpha value is -1.42. The van der Waals surface area contributed by atoms with E-state index in [-0.39, 0.29) is 5.91 Å². The second-order valence-corrected chi connectivity index (χ2v) is 4.78. The highest BCUT2D eigenvalue weighted by Gasteiger charge is 2.27. The smallest absolute Gasteiger partial charge is 0.255 e. The van der Waals surface area contributed by atoms with Crippen molar-refractivity contribution in [2.24, 2.45) is 0 Å². The number of carbonyl (C=O) groups excluding carboxylic acids is 1. The van der Waals surface area contributed by atoms with Crippen molar-refractivity contribution in [1.82, 2.24) is 15.2 Å².